The molecule has 0 spiro atoms. The van der Waals surface area contributed by atoms with Crippen molar-refractivity contribution in [3.05, 3.63) is 77.9 Å². The van der Waals surface area contributed by atoms with Crippen molar-refractivity contribution >= 4 is 22.4 Å². The standard InChI is InChI=1S/C30H34N2O2/c1-20-16-17-21-10-8-9-15-24(21)28(20)32-18-25-26(19-32)27(25)31-29(33)30(34,22-11-4-2-5-12-22)23-13-6-3-7-14-23/h2,4-5,8-12,15-17,23,25-27,34H,3,6-7,13-14,18-19H2,1H3,(H,31,33)/t25-,26?,27+,30?/m1/s1. The van der Waals surface area contributed by atoms with E-state index in [2.05, 4.69) is 53.5 Å². The van der Waals surface area contributed by atoms with Crippen molar-refractivity contribution in [3.63, 3.8) is 0 Å². The highest BCUT2D eigenvalue weighted by Gasteiger charge is 2.58. The molecule has 34 heavy (non-hydrogen) atoms. The molecule has 0 aromatic heterocycles. The number of fused-ring (bicyclic) bond motifs is 2. The highest BCUT2D eigenvalue weighted by Crippen LogP contribution is 2.49. The maximum atomic E-state index is 13.7. The van der Waals surface area contributed by atoms with E-state index in [0.29, 0.717) is 11.8 Å². The van der Waals surface area contributed by atoms with E-state index in [4.69, 9.17) is 0 Å². The monoisotopic (exact) mass is 454 g/mol. The molecule has 2 N–H and O–H groups in total. The van der Waals surface area contributed by atoms with E-state index in [1.54, 1.807) is 0 Å². The maximum Gasteiger partial charge on any atom is 0.257 e. The molecule has 3 fully saturated rings. The summed E-state index contributed by atoms with van der Waals surface area (Å²) in [5, 5.41) is 17.8. The van der Waals surface area contributed by atoms with Gasteiger partial charge in [-0.3, -0.25) is 4.79 Å². The minimum absolute atomic E-state index is 0.0166. The highest BCUT2D eigenvalue weighted by molar-refractivity contribution is 5.96. The van der Waals surface area contributed by atoms with Gasteiger partial charge in [0.15, 0.2) is 5.60 Å². The van der Waals surface area contributed by atoms with Gasteiger partial charge in [0, 0.05) is 48.0 Å². The maximum absolute atomic E-state index is 13.7. The Kier molecular flexibility index (Phi) is 5.37. The van der Waals surface area contributed by atoms with Crippen molar-refractivity contribution in [1.82, 2.24) is 5.32 Å². The lowest BCUT2D eigenvalue weighted by molar-refractivity contribution is -0.149. The number of piperidine rings is 1. The average molecular weight is 455 g/mol. The van der Waals surface area contributed by atoms with Crippen LogP contribution in [0.25, 0.3) is 10.8 Å². The molecule has 3 aromatic rings. The zero-order valence-corrected chi connectivity index (χ0v) is 19.9. The predicted molar refractivity (Wildman–Crippen MR) is 137 cm³/mol. The quantitative estimate of drug-likeness (QED) is 0.559. The molecule has 3 aromatic carbocycles. The second-order valence-electron chi connectivity index (χ2n) is 10.7. The Morgan fingerprint density at radius 3 is 2.32 bits per heavy atom. The molecule has 4 heteroatoms. The van der Waals surface area contributed by atoms with E-state index in [0.717, 1.165) is 44.3 Å². The normalized spacial score (nSPS) is 26.2. The van der Waals surface area contributed by atoms with Crippen LogP contribution in [0.5, 0.6) is 0 Å². The minimum Gasteiger partial charge on any atom is -0.375 e. The van der Waals surface area contributed by atoms with Gasteiger partial charge in [0.25, 0.3) is 5.91 Å². The van der Waals surface area contributed by atoms with Gasteiger partial charge < -0.3 is 15.3 Å². The van der Waals surface area contributed by atoms with Gasteiger partial charge in [-0.15, -0.1) is 0 Å². The molecular formula is C30H34N2O2. The van der Waals surface area contributed by atoms with E-state index < -0.39 is 5.60 Å². The zero-order valence-electron chi connectivity index (χ0n) is 19.9. The van der Waals surface area contributed by atoms with Gasteiger partial charge in [0.2, 0.25) is 0 Å². The van der Waals surface area contributed by atoms with Gasteiger partial charge in [0.05, 0.1) is 0 Å². The van der Waals surface area contributed by atoms with Crippen LogP contribution < -0.4 is 10.2 Å². The van der Waals surface area contributed by atoms with Crippen molar-refractivity contribution < 1.29 is 9.90 Å². The number of aryl methyl sites for hydroxylation is 1. The molecule has 2 saturated carbocycles. The fraction of sp³-hybridized carbons (Fsp3) is 0.433. The van der Waals surface area contributed by atoms with Crippen LogP contribution in [0.4, 0.5) is 5.69 Å². The fourth-order valence-electron chi connectivity index (χ4n) is 6.73. The number of hydrogen-bond acceptors (Lipinski definition) is 3. The largest absolute Gasteiger partial charge is 0.375 e. The van der Waals surface area contributed by atoms with Crippen molar-refractivity contribution in [1.29, 1.82) is 0 Å². The number of hydrogen-bond donors (Lipinski definition) is 2. The number of nitrogens with one attached hydrogen (secondary N) is 1. The summed E-state index contributed by atoms with van der Waals surface area (Å²) < 4.78 is 0. The van der Waals surface area contributed by atoms with Crippen LogP contribution in [0.1, 0.15) is 43.2 Å². The van der Waals surface area contributed by atoms with E-state index >= 15 is 0 Å². The van der Waals surface area contributed by atoms with Gasteiger partial charge in [-0.2, -0.15) is 0 Å². The minimum atomic E-state index is -1.44. The van der Waals surface area contributed by atoms with Gasteiger partial charge in [-0.05, 0) is 36.3 Å². The van der Waals surface area contributed by atoms with Gasteiger partial charge in [-0.25, -0.2) is 0 Å². The Hall–Kier alpha value is -2.85. The topological polar surface area (TPSA) is 52.6 Å². The number of carbonyl (C=O) groups is 1. The molecular weight excluding hydrogens is 420 g/mol. The van der Waals surface area contributed by atoms with Gasteiger partial charge in [-0.1, -0.05) is 86.0 Å². The Bertz CT molecular complexity index is 1190. The smallest absolute Gasteiger partial charge is 0.257 e. The first kappa shape index (κ1) is 21.7. The number of anilines is 1. The Labute approximate surface area is 202 Å². The first-order valence-corrected chi connectivity index (χ1v) is 12.9. The summed E-state index contributed by atoms with van der Waals surface area (Å²) in [6, 6.07) is 22.8. The van der Waals surface area contributed by atoms with Crippen molar-refractivity contribution in [3.8, 4) is 0 Å². The van der Waals surface area contributed by atoms with Crippen LogP contribution in [-0.4, -0.2) is 30.1 Å². The molecule has 1 saturated heterocycles. The Morgan fingerprint density at radius 2 is 1.59 bits per heavy atom. The first-order valence-electron chi connectivity index (χ1n) is 12.9. The first-order chi connectivity index (χ1) is 16.6. The number of benzene rings is 3. The molecule has 4 nitrogen and oxygen atoms in total. The van der Waals surface area contributed by atoms with E-state index in [9.17, 15) is 9.90 Å². The summed E-state index contributed by atoms with van der Waals surface area (Å²) in [4.78, 5) is 16.2. The lowest BCUT2D eigenvalue weighted by Gasteiger charge is -2.38. The van der Waals surface area contributed by atoms with E-state index in [1.165, 1.54) is 28.4 Å². The second-order valence-corrected chi connectivity index (χ2v) is 10.7. The molecule has 6 rings (SSSR count). The summed E-state index contributed by atoms with van der Waals surface area (Å²) in [6.45, 7) is 4.10. The number of amides is 1. The third-order valence-corrected chi connectivity index (χ3v) is 8.67. The van der Waals surface area contributed by atoms with Crippen LogP contribution in [0, 0.1) is 24.7 Å². The SMILES string of the molecule is Cc1ccc2ccccc2c1N1CC2[C@@H](C1)[C@@H]2NC(=O)C(O)(c1ccccc1)C1CCCCC1. The van der Waals surface area contributed by atoms with Crippen molar-refractivity contribution in [2.45, 2.75) is 50.7 Å². The molecule has 176 valence electrons. The number of rotatable bonds is 5. The van der Waals surface area contributed by atoms with E-state index in [-0.39, 0.29) is 17.9 Å². The van der Waals surface area contributed by atoms with Crippen molar-refractivity contribution in [2.24, 2.45) is 17.8 Å². The molecule has 4 atom stereocenters. The van der Waals surface area contributed by atoms with Crippen LogP contribution in [0.2, 0.25) is 0 Å². The second kappa shape index (κ2) is 8.42. The third-order valence-electron chi connectivity index (χ3n) is 8.67. The summed E-state index contributed by atoms with van der Waals surface area (Å²) in [5.41, 5.74) is 1.93. The summed E-state index contributed by atoms with van der Waals surface area (Å²) in [6.07, 6.45) is 5.18. The molecule has 1 heterocycles. The summed E-state index contributed by atoms with van der Waals surface area (Å²) in [5.74, 6) is 0.692. The predicted octanol–water partition coefficient (Wildman–Crippen LogP) is 5.17. The number of nitrogens with zero attached hydrogens (tertiary/aromatic N) is 1. The van der Waals surface area contributed by atoms with Crippen LogP contribution in [-0.2, 0) is 10.4 Å². The van der Waals surface area contributed by atoms with Crippen molar-refractivity contribution in [2.75, 3.05) is 18.0 Å². The number of carbonyl (C=O) groups excluding carboxylic acids is 1. The molecule has 0 radical (unpaired) electrons. The highest BCUT2D eigenvalue weighted by atomic mass is 16.3. The molecule has 2 unspecified atom stereocenters. The van der Waals surface area contributed by atoms with E-state index in [1.807, 2.05) is 30.3 Å². The zero-order chi connectivity index (χ0) is 23.3. The lowest BCUT2D eigenvalue weighted by Crippen LogP contribution is -2.52. The van der Waals surface area contributed by atoms with Gasteiger partial charge in [0.1, 0.15) is 0 Å². The fourth-order valence-corrected chi connectivity index (χ4v) is 6.73. The van der Waals surface area contributed by atoms with Crippen LogP contribution in [0.3, 0.4) is 0 Å². The molecule has 0 bridgehead atoms. The average Bonchev–Trinajstić information content (AvgIpc) is 3.31. The molecule has 1 amide bonds. The number of aliphatic hydroxyl groups is 1. The Balaban J connectivity index is 1.19. The summed E-state index contributed by atoms with van der Waals surface area (Å²) >= 11 is 0. The third kappa shape index (κ3) is 3.51. The van der Waals surface area contributed by atoms with Crippen LogP contribution in [0.15, 0.2) is 66.7 Å². The molecule has 1 aliphatic heterocycles. The molecule has 2 aliphatic carbocycles. The summed E-state index contributed by atoms with van der Waals surface area (Å²) in [7, 11) is 0. The Morgan fingerprint density at radius 1 is 0.912 bits per heavy atom. The van der Waals surface area contributed by atoms with Crippen LogP contribution >= 0.6 is 0 Å². The van der Waals surface area contributed by atoms with Gasteiger partial charge >= 0.3 is 0 Å². The molecule has 3 aliphatic rings. The lowest BCUT2D eigenvalue weighted by atomic mass is 9.73.